The van der Waals surface area contributed by atoms with Crippen molar-refractivity contribution in [3.05, 3.63) is 94.6 Å². The Kier molecular flexibility index (Phi) is 5.68. The van der Waals surface area contributed by atoms with Crippen LogP contribution in [0.15, 0.2) is 89.0 Å². The standard InChI is InChI=1S/C24H21N3O3S/c1-24(2,27-22(28)15-14-20(26-27)21-9-6-16-31-21)23(29)25-17-10-12-19(13-11-17)30-18-7-4-3-5-8-18/h3-16H,1-2H3,(H,25,29). The van der Waals surface area contributed by atoms with Crippen LogP contribution in [0.1, 0.15) is 13.8 Å². The first-order valence-electron chi connectivity index (χ1n) is 9.73. The van der Waals surface area contributed by atoms with Gasteiger partial charge in [0, 0.05) is 11.8 Å². The van der Waals surface area contributed by atoms with Crippen LogP contribution in [-0.2, 0) is 10.3 Å². The zero-order valence-corrected chi connectivity index (χ0v) is 17.9. The largest absolute Gasteiger partial charge is 0.457 e. The van der Waals surface area contributed by atoms with Crippen LogP contribution in [0, 0.1) is 0 Å². The van der Waals surface area contributed by atoms with Crippen molar-refractivity contribution in [3.8, 4) is 22.1 Å². The van der Waals surface area contributed by atoms with E-state index in [0.29, 0.717) is 17.1 Å². The van der Waals surface area contributed by atoms with Gasteiger partial charge in [-0.25, -0.2) is 4.68 Å². The number of amides is 1. The van der Waals surface area contributed by atoms with E-state index in [1.807, 2.05) is 47.8 Å². The molecule has 0 saturated heterocycles. The average molecular weight is 432 g/mol. The van der Waals surface area contributed by atoms with Crippen LogP contribution < -0.4 is 15.6 Å². The zero-order valence-electron chi connectivity index (χ0n) is 17.1. The molecular formula is C24H21N3O3S. The molecule has 2 heterocycles. The number of hydrogen-bond donors (Lipinski definition) is 1. The van der Waals surface area contributed by atoms with E-state index in [9.17, 15) is 9.59 Å². The molecule has 6 nitrogen and oxygen atoms in total. The molecule has 0 radical (unpaired) electrons. The molecule has 7 heteroatoms. The van der Waals surface area contributed by atoms with Gasteiger partial charge < -0.3 is 10.1 Å². The van der Waals surface area contributed by atoms with Gasteiger partial charge in [0.1, 0.15) is 22.7 Å². The monoisotopic (exact) mass is 431 g/mol. The topological polar surface area (TPSA) is 73.2 Å². The maximum absolute atomic E-state index is 13.0. The van der Waals surface area contributed by atoms with Crippen LogP contribution in [-0.4, -0.2) is 15.7 Å². The van der Waals surface area contributed by atoms with E-state index in [4.69, 9.17) is 4.74 Å². The molecule has 0 saturated carbocycles. The Morgan fingerprint density at radius 2 is 1.65 bits per heavy atom. The first kappa shape index (κ1) is 20.6. The fourth-order valence-corrected chi connectivity index (χ4v) is 3.67. The molecule has 156 valence electrons. The Bertz CT molecular complexity index is 1230. The van der Waals surface area contributed by atoms with Gasteiger partial charge in [0.25, 0.3) is 11.5 Å². The Balaban J connectivity index is 1.51. The highest BCUT2D eigenvalue weighted by atomic mass is 32.1. The third kappa shape index (κ3) is 4.57. The summed E-state index contributed by atoms with van der Waals surface area (Å²) in [6, 6.07) is 23.5. The Morgan fingerprint density at radius 3 is 2.32 bits per heavy atom. The number of rotatable bonds is 6. The Labute approximate surface area is 183 Å². The molecule has 1 amide bonds. The summed E-state index contributed by atoms with van der Waals surface area (Å²) in [4.78, 5) is 26.4. The van der Waals surface area contributed by atoms with Crippen LogP contribution in [0.3, 0.4) is 0 Å². The lowest BCUT2D eigenvalue weighted by Gasteiger charge is -2.25. The smallest absolute Gasteiger partial charge is 0.267 e. The molecular weight excluding hydrogens is 410 g/mol. The fourth-order valence-electron chi connectivity index (χ4n) is 2.98. The zero-order chi connectivity index (χ0) is 21.8. The number of carbonyl (C=O) groups is 1. The van der Waals surface area contributed by atoms with Gasteiger partial charge in [0.15, 0.2) is 0 Å². The summed E-state index contributed by atoms with van der Waals surface area (Å²) in [6.07, 6.45) is 0. The predicted octanol–water partition coefficient (Wildman–Crippen LogP) is 5.14. The number of carbonyl (C=O) groups excluding carboxylic acids is 1. The van der Waals surface area contributed by atoms with E-state index in [-0.39, 0.29) is 11.5 Å². The molecule has 0 aliphatic rings. The van der Waals surface area contributed by atoms with Crippen molar-refractivity contribution >= 4 is 22.9 Å². The van der Waals surface area contributed by atoms with Crippen LogP contribution >= 0.6 is 11.3 Å². The minimum Gasteiger partial charge on any atom is -0.457 e. The van der Waals surface area contributed by atoms with E-state index in [1.54, 1.807) is 44.2 Å². The second-order valence-electron chi connectivity index (χ2n) is 7.40. The molecule has 0 bridgehead atoms. The Hall–Kier alpha value is -3.71. The normalized spacial score (nSPS) is 11.2. The number of nitrogens with zero attached hydrogens (tertiary/aromatic N) is 2. The number of aromatic nitrogens is 2. The van der Waals surface area contributed by atoms with E-state index >= 15 is 0 Å². The van der Waals surface area contributed by atoms with Crippen molar-refractivity contribution in [3.63, 3.8) is 0 Å². The summed E-state index contributed by atoms with van der Waals surface area (Å²) in [5, 5.41) is 9.25. The number of hydrogen-bond acceptors (Lipinski definition) is 5. The molecule has 0 spiro atoms. The molecule has 0 unspecified atom stereocenters. The highest BCUT2D eigenvalue weighted by Gasteiger charge is 2.32. The lowest BCUT2D eigenvalue weighted by Crippen LogP contribution is -2.47. The minimum atomic E-state index is -1.19. The summed E-state index contributed by atoms with van der Waals surface area (Å²) in [7, 11) is 0. The van der Waals surface area contributed by atoms with Gasteiger partial charge in [-0.2, -0.15) is 5.10 Å². The van der Waals surface area contributed by atoms with E-state index < -0.39 is 5.54 Å². The number of para-hydroxylation sites is 1. The SMILES string of the molecule is CC(C)(C(=O)Nc1ccc(Oc2ccccc2)cc1)n1nc(-c2cccs2)ccc1=O. The first-order chi connectivity index (χ1) is 14.9. The predicted molar refractivity (Wildman–Crippen MR) is 123 cm³/mol. The first-order valence-corrected chi connectivity index (χ1v) is 10.6. The highest BCUT2D eigenvalue weighted by Crippen LogP contribution is 2.25. The van der Waals surface area contributed by atoms with Crippen LogP contribution in [0.2, 0.25) is 0 Å². The van der Waals surface area contributed by atoms with Gasteiger partial charge in [-0.05, 0) is 67.8 Å². The lowest BCUT2D eigenvalue weighted by molar-refractivity contribution is -0.123. The van der Waals surface area contributed by atoms with Crippen molar-refractivity contribution in [2.24, 2.45) is 0 Å². The number of ether oxygens (including phenoxy) is 1. The second-order valence-corrected chi connectivity index (χ2v) is 8.35. The van der Waals surface area contributed by atoms with Crippen molar-refractivity contribution in [2.75, 3.05) is 5.32 Å². The lowest BCUT2D eigenvalue weighted by atomic mass is 10.0. The molecule has 2 aromatic heterocycles. The van der Waals surface area contributed by atoms with Gasteiger partial charge in [-0.3, -0.25) is 9.59 Å². The van der Waals surface area contributed by atoms with Crippen molar-refractivity contribution in [2.45, 2.75) is 19.4 Å². The van der Waals surface area contributed by atoms with Gasteiger partial charge in [0.05, 0.1) is 4.88 Å². The number of nitrogens with one attached hydrogen (secondary N) is 1. The van der Waals surface area contributed by atoms with Crippen molar-refractivity contribution < 1.29 is 9.53 Å². The van der Waals surface area contributed by atoms with Crippen LogP contribution in [0.25, 0.3) is 10.6 Å². The maximum Gasteiger partial charge on any atom is 0.267 e. The van der Waals surface area contributed by atoms with E-state index in [1.165, 1.54) is 22.1 Å². The van der Waals surface area contributed by atoms with E-state index in [2.05, 4.69) is 10.4 Å². The van der Waals surface area contributed by atoms with Gasteiger partial charge >= 0.3 is 0 Å². The molecule has 2 aromatic carbocycles. The summed E-state index contributed by atoms with van der Waals surface area (Å²) in [6.45, 7) is 3.34. The molecule has 31 heavy (non-hydrogen) atoms. The third-order valence-electron chi connectivity index (χ3n) is 4.75. The quantitative estimate of drug-likeness (QED) is 0.459. The van der Waals surface area contributed by atoms with Crippen LogP contribution in [0.4, 0.5) is 5.69 Å². The van der Waals surface area contributed by atoms with Gasteiger partial charge in [0.2, 0.25) is 0 Å². The molecule has 0 aliphatic carbocycles. The van der Waals surface area contributed by atoms with Crippen molar-refractivity contribution in [1.82, 2.24) is 9.78 Å². The Morgan fingerprint density at radius 1 is 0.935 bits per heavy atom. The summed E-state index contributed by atoms with van der Waals surface area (Å²) >= 11 is 1.52. The van der Waals surface area contributed by atoms with Gasteiger partial charge in [-0.15, -0.1) is 11.3 Å². The third-order valence-corrected chi connectivity index (χ3v) is 5.64. The summed E-state index contributed by atoms with van der Waals surface area (Å²) in [5.74, 6) is 1.05. The van der Waals surface area contributed by atoms with E-state index in [0.717, 1.165) is 10.6 Å². The molecule has 0 aliphatic heterocycles. The summed E-state index contributed by atoms with van der Waals surface area (Å²) in [5.41, 5.74) is -0.283. The molecule has 4 rings (SSSR count). The number of thiophene rings is 1. The average Bonchev–Trinajstić information content (AvgIpc) is 3.31. The summed E-state index contributed by atoms with van der Waals surface area (Å²) < 4.78 is 7.00. The molecule has 0 atom stereocenters. The molecule has 4 aromatic rings. The van der Waals surface area contributed by atoms with Gasteiger partial charge in [-0.1, -0.05) is 24.3 Å². The molecule has 1 N–H and O–H groups in total. The fraction of sp³-hybridized carbons (Fsp3) is 0.125. The minimum absolute atomic E-state index is 0.341. The number of benzene rings is 2. The maximum atomic E-state index is 13.0. The molecule has 0 fully saturated rings. The highest BCUT2D eigenvalue weighted by molar-refractivity contribution is 7.13. The van der Waals surface area contributed by atoms with Crippen molar-refractivity contribution in [1.29, 1.82) is 0 Å². The van der Waals surface area contributed by atoms with Crippen LogP contribution in [0.5, 0.6) is 11.5 Å². The number of anilines is 1. The second kappa shape index (κ2) is 8.57.